The summed E-state index contributed by atoms with van der Waals surface area (Å²) >= 11 is 3.87. The number of hydrogen-bond acceptors (Lipinski definition) is 2. The van der Waals surface area contributed by atoms with Crippen molar-refractivity contribution < 1.29 is 36.2 Å². The van der Waals surface area contributed by atoms with Crippen molar-refractivity contribution in [1.29, 1.82) is 0 Å². The van der Waals surface area contributed by atoms with E-state index >= 15 is 0 Å². The highest BCUT2D eigenvalue weighted by molar-refractivity contribution is 6.22. The van der Waals surface area contributed by atoms with Crippen LogP contribution in [0.1, 0.15) is 13.3 Å². The summed E-state index contributed by atoms with van der Waals surface area (Å²) in [6, 6.07) is -1.25. The molecule has 0 bridgehead atoms. The first-order chi connectivity index (χ1) is 7.91. The van der Waals surface area contributed by atoms with Gasteiger partial charge in [0.1, 0.15) is 0 Å². The Morgan fingerprint density at radius 2 is 1.72 bits per heavy atom. The third-order valence-electron chi connectivity index (χ3n) is 2.08. The topological polar surface area (TPSA) is 49.3 Å². The van der Waals surface area contributed by atoms with E-state index in [4.69, 9.17) is 5.11 Å². The minimum atomic E-state index is -6.06. The second-order valence-electron chi connectivity index (χ2n) is 3.41. The molecule has 0 unspecified atom stereocenters. The maximum atomic E-state index is 12.9. The number of halogens is 7. The molecule has 0 saturated heterocycles. The molecular weight excluding hydrogens is 292 g/mol. The van der Waals surface area contributed by atoms with E-state index in [0.29, 0.717) is 0 Å². The molecule has 0 aliphatic rings. The van der Waals surface area contributed by atoms with Crippen molar-refractivity contribution in [2.75, 3.05) is 6.61 Å². The molecule has 108 valence electrons. The van der Waals surface area contributed by atoms with Crippen molar-refractivity contribution in [2.45, 2.75) is 36.6 Å². The zero-order valence-electron chi connectivity index (χ0n) is 8.99. The number of rotatable bonds is 6. The van der Waals surface area contributed by atoms with Crippen LogP contribution in [0.5, 0.6) is 0 Å². The molecule has 0 fully saturated rings. The van der Waals surface area contributed by atoms with Gasteiger partial charge in [-0.15, -0.1) is 0 Å². The van der Waals surface area contributed by atoms with Crippen molar-refractivity contribution in [3.05, 3.63) is 0 Å². The SMILES string of the molecule is CC[C@H](CO)NC(=O)C(F)(F)C(F)(F)C(F)(F)Cl. The fraction of sp³-hybridized carbons (Fsp3) is 0.875. The molecule has 0 aliphatic carbocycles. The summed E-state index contributed by atoms with van der Waals surface area (Å²) in [5, 5.41) is 4.32. The van der Waals surface area contributed by atoms with Crippen molar-refractivity contribution in [1.82, 2.24) is 5.32 Å². The Balaban J connectivity index is 5.09. The monoisotopic (exact) mass is 301 g/mol. The number of carbonyl (C=O) groups excluding carboxylic acids is 1. The minimum Gasteiger partial charge on any atom is -0.394 e. The lowest BCUT2D eigenvalue weighted by atomic mass is 10.1. The van der Waals surface area contributed by atoms with Crippen molar-refractivity contribution in [3.63, 3.8) is 0 Å². The molecule has 0 aliphatic heterocycles. The average Bonchev–Trinajstić information content (AvgIpc) is 2.23. The maximum absolute atomic E-state index is 12.9. The Morgan fingerprint density at radius 1 is 1.28 bits per heavy atom. The molecule has 1 atom stereocenters. The summed E-state index contributed by atoms with van der Waals surface area (Å²) in [6.45, 7) is 0.550. The Hall–Kier alpha value is -0.700. The van der Waals surface area contributed by atoms with E-state index < -0.39 is 35.8 Å². The van der Waals surface area contributed by atoms with Gasteiger partial charge in [-0.25, -0.2) is 0 Å². The third-order valence-corrected chi connectivity index (χ3v) is 2.32. The maximum Gasteiger partial charge on any atom is 0.395 e. The molecule has 2 N–H and O–H groups in total. The number of nitrogens with one attached hydrogen (secondary N) is 1. The minimum absolute atomic E-state index is 0.0544. The smallest absolute Gasteiger partial charge is 0.394 e. The van der Waals surface area contributed by atoms with Gasteiger partial charge in [0.2, 0.25) is 0 Å². The van der Waals surface area contributed by atoms with Gasteiger partial charge >= 0.3 is 17.2 Å². The normalized spacial score (nSPS) is 15.4. The Bertz CT molecular complexity index is 302. The van der Waals surface area contributed by atoms with Crippen LogP contribution in [-0.4, -0.2) is 40.9 Å². The molecule has 0 aromatic carbocycles. The molecule has 0 heterocycles. The van der Waals surface area contributed by atoms with Crippen LogP contribution in [0.3, 0.4) is 0 Å². The lowest BCUT2D eigenvalue weighted by Gasteiger charge is -2.29. The molecule has 3 nitrogen and oxygen atoms in total. The first-order valence-corrected chi connectivity index (χ1v) is 5.03. The Labute approximate surface area is 103 Å². The van der Waals surface area contributed by atoms with Crippen LogP contribution in [0.2, 0.25) is 0 Å². The van der Waals surface area contributed by atoms with E-state index in [0.717, 1.165) is 0 Å². The van der Waals surface area contributed by atoms with Crippen LogP contribution in [0.15, 0.2) is 0 Å². The van der Waals surface area contributed by atoms with Gasteiger partial charge in [0.15, 0.2) is 0 Å². The van der Waals surface area contributed by atoms with Crippen molar-refractivity contribution >= 4 is 17.5 Å². The molecule has 1 amide bonds. The Morgan fingerprint density at radius 3 is 2.00 bits per heavy atom. The third kappa shape index (κ3) is 3.19. The highest BCUT2D eigenvalue weighted by Crippen LogP contribution is 2.47. The van der Waals surface area contributed by atoms with E-state index in [1.165, 1.54) is 12.2 Å². The van der Waals surface area contributed by atoms with Crippen LogP contribution in [0.25, 0.3) is 0 Å². The summed E-state index contributed by atoms with van der Waals surface area (Å²) in [5.41, 5.74) is 0. The molecule has 0 radical (unpaired) electrons. The lowest BCUT2D eigenvalue weighted by molar-refractivity contribution is -0.269. The molecule has 0 aromatic rings. The van der Waals surface area contributed by atoms with E-state index in [9.17, 15) is 31.1 Å². The zero-order valence-corrected chi connectivity index (χ0v) is 9.75. The number of hydrogen-bond donors (Lipinski definition) is 2. The van der Waals surface area contributed by atoms with Crippen LogP contribution in [0, 0.1) is 0 Å². The van der Waals surface area contributed by atoms with Crippen molar-refractivity contribution in [3.8, 4) is 0 Å². The van der Waals surface area contributed by atoms with E-state index in [2.05, 4.69) is 11.6 Å². The highest BCUT2D eigenvalue weighted by Gasteiger charge is 2.74. The van der Waals surface area contributed by atoms with Gasteiger partial charge < -0.3 is 10.4 Å². The summed E-state index contributed by atoms with van der Waals surface area (Å²) in [5.74, 6) is -14.4. The number of aliphatic hydroxyl groups is 1. The number of amides is 1. The number of carbonyl (C=O) groups is 1. The summed E-state index contributed by atoms with van der Waals surface area (Å²) < 4.78 is 75.5. The second kappa shape index (κ2) is 5.52. The predicted octanol–water partition coefficient (Wildman–Crippen LogP) is 1.98. The van der Waals surface area contributed by atoms with Gasteiger partial charge in [0, 0.05) is 0 Å². The summed E-state index contributed by atoms with van der Waals surface area (Å²) in [4.78, 5) is 10.8. The number of aliphatic hydroxyl groups excluding tert-OH is 1. The van der Waals surface area contributed by atoms with Gasteiger partial charge in [-0.3, -0.25) is 4.79 Å². The molecule has 0 saturated carbocycles. The Kier molecular flexibility index (Phi) is 5.30. The van der Waals surface area contributed by atoms with Crippen LogP contribution < -0.4 is 5.32 Å². The second-order valence-corrected chi connectivity index (χ2v) is 3.88. The van der Waals surface area contributed by atoms with Crippen LogP contribution in [-0.2, 0) is 4.79 Å². The molecular formula is C8H10ClF6NO2. The largest absolute Gasteiger partial charge is 0.395 e. The fourth-order valence-corrected chi connectivity index (χ4v) is 0.992. The van der Waals surface area contributed by atoms with Gasteiger partial charge in [-0.1, -0.05) is 6.92 Å². The molecule has 10 heteroatoms. The quantitative estimate of drug-likeness (QED) is 0.582. The molecule has 0 rings (SSSR count). The molecule has 0 spiro atoms. The van der Waals surface area contributed by atoms with E-state index in [1.54, 1.807) is 0 Å². The van der Waals surface area contributed by atoms with E-state index in [-0.39, 0.29) is 6.42 Å². The summed E-state index contributed by atoms with van der Waals surface area (Å²) in [7, 11) is 0. The van der Waals surface area contributed by atoms with Gasteiger partial charge in [0.05, 0.1) is 12.6 Å². The fourth-order valence-electron chi connectivity index (χ4n) is 0.873. The first kappa shape index (κ1) is 17.3. The van der Waals surface area contributed by atoms with Gasteiger partial charge in [0.25, 0.3) is 5.91 Å². The van der Waals surface area contributed by atoms with E-state index in [1.807, 2.05) is 0 Å². The van der Waals surface area contributed by atoms with Gasteiger partial charge in [-0.2, -0.15) is 26.3 Å². The van der Waals surface area contributed by atoms with Gasteiger partial charge in [-0.05, 0) is 18.0 Å². The summed E-state index contributed by atoms with van der Waals surface area (Å²) in [6.07, 6.45) is -0.0544. The van der Waals surface area contributed by atoms with Crippen LogP contribution in [0.4, 0.5) is 26.3 Å². The standard InChI is InChI=1S/C8H10ClF6NO2/c1-2-4(3-17)16-5(18)6(10,11)7(12,13)8(9,14)15/h4,17H,2-3H2,1H3,(H,16,18)/t4-/m1/s1. The first-order valence-electron chi connectivity index (χ1n) is 4.66. The highest BCUT2D eigenvalue weighted by atomic mass is 35.5. The molecule has 0 aromatic heterocycles. The average molecular weight is 302 g/mol. The predicted molar refractivity (Wildman–Crippen MR) is 50.0 cm³/mol. The zero-order chi connectivity index (χ0) is 14.8. The molecule has 18 heavy (non-hydrogen) atoms. The number of alkyl halides is 7. The lowest BCUT2D eigenvalue weighted by Crippen LogP contribution is -2.60. The van der Waals surface area contributed by atoms with Crippen molar-refractivity contribution in [2.24, 2.45) is 0 Å². The van der Waals surface area contributed by atoms with Crippen LogP contribution >= 0.6 is 11.6 Å².